The van der Waals surface area contributed by atoms with Crippen molar-refractivity contribution in [3.05, 3.63) is 23.3 Å². The van der Waals surface area contributed by atoms with E-state index in [0.717, 1.165) is 24.5 Å². The molecule has 1 saturated heterocycles. The molecule has 0 radical (unpaired) electrons. The average Bonchev–Trinajstić information content (AvgIpc) is 2.82. The van der Waals surface area contributed by atoms with Crippen LogP contribution in [0.25, 0.3) is 5.78 Å². The summed E-state index contributed by atoms with van der Waals surface area (Å²) < 4.78 is 1.62. The van der Waals surface area contributed by atoms with Crippen molar-refractivity contribution in [1.82, 2.24) is 29.8 Å². The van der Waals surface area contributed by atoms with Gasteiger partial charge in [-0.05, 0) is 26.8 Å². The monoisotopic (exact) mass is 274 g/mol. The molecule has 1 atom stereocenters. The highest BCUT2D eigenvalue weighted by molar-refractivity contribution is 5.91. The molecule has 7 heteroatoms. The number of carbonyl (C=O) groups is 1. The molecule has 0 saturated carbocycles. The highest BCUT2D eigenvalue weighted by atomic mass is 16.2. The van der Waals surface area contributed by atoms with Gasteiger partial charge in [-0.1, -0.05) is 0 Å². The first kappa shape index (κ1) is 13.0. The molecule has 2 aromatic heterocycles. The first-order chi connectivity index (χ1) is 9.56. The fraction of sp³-hybridized carbons (Fsp3) is 0.538. The van der Waals surface area contributed by atoms with E-state index in [1.807, 2.05) is 31.7 Å². The summed E-state index contributed by atoms with van der Waals surface area (Å²) in [5, 5.41) is 7.56. The molecule has 106 valence electrons. The number of piperazine rings is 1. The van der Waals surface area contributed by atoms with Gasteiger partial charge in [0.05, 0.1) is 0 Å². The summed E-state index contributed by atoms with van der Waals surface area (Å²) in [4.78, 5) is 22.9. The van der Waals surface area contributed by atoms with E-state index in [9.17, 15) is 4.79 Å². The Balaban J connectivity index is 1.97. The Morgan fingerprint density at radius 1 is 1.40 bits per heavy atom. The number of hydrogen-bond donors (Lipinski definition) is 1. The van der Waals surface area contributed by atoms with Crippen LogP contribution >= 0.6 is 0 Å². The highest BCUT2D eigenvalue weighted by Crippen LogP contribution is 2.10. The van der Waals surface area contributed by atoms with Gasteiger partial charge in [0, 0.05) is 37.1 Å². The van der Waals surface area contributed by atoms with Crippen LogP contribution in [0.4, 0.5) is 0 Å². The van der Waals surface area contributed by atoms with Crippen LogP contribution in [0.1, 0.15) is 28.9 Å². The van der Waals surface area contributed by atoms with Crippen molar-refractivity contribution >= 4 is 11.7 Å². The van der Waals surface area contributed by atoms with Gasteiger partial charge in [-0.2, -0.15) is 4.98 Å². The second-order valence-electron chi connectivity index (χ2n) is 5.24. The number of fused-ring (bicyclic) bond motifs is 1. The molecule has 1 amide bonds. The molecule has 0 bridgehead atoms. The maximum Gasteiger partial charge on any atom is 0.293 e. The van der Waals surface area contributed by atoms with E-state index < -0.39 is 0 Å². The molecule has 3 heterocycles. The zero-order valence-electron chi connectivity index (χ0n) is 11.9. The van der Waals surface area contributed by atoms with E-state index in [4.69, 9.17) is 0 Å². The number of aromatic nitrogens is 4. The molecule has 0 aliphatic carbocycles. The molecule has 0 aromatic carbocycles. The van der Waals surface area contributed by atoms with Crippen LogP contribution in [0.15, 0.2) is 6.07 Å². The largest absolute Gasteiger partial charge is 0.331 e. The number of amides is 1. The van der Waals surface area contributed by atoms with Crippen LogP contribution in [0, 0.1) is 13.8 Å². The SMILES string of the molecule is Cc1cc(C)n2nc(C(=O)N3CCNC[C@H]3C)nc2n1. The Hall–Kier alpha value is -2.02. The summed E-state index contributed by atoms with van der Waals surface area (Å²) in [5.74, 6) is 0.579. The van der Waals surface area contributed by atoms with E-state index in [-0.39, 0.29) is 17.8 Å². The van der Waals surface area contributed by atoms with Gasteiger partial charge >= 0.3 is 0 Å². The summed E-state index contributed by atoms with van der Waals surface area (Å²) in [6, 6.07) is 2.07. The van der Waals surface area contributed by atoms with Crippen molar-refractivity contribution in [2.45, 2.75) is 26.8 Å². The van der Waals surface area contributed by atoms with Gasteiger partial charge in [0.1, 0.15) is 0 Å². The third-order valence-corrected chi connectivity index (χ3v) is 3.57. The van der Waals surface area contributed by atoms with Gasteiger partial charge in [-0.3, -0.25) is 4.79 Å². The van der Waals surface area contributed by atoms with E-state index in [2.05, 4.69) is 20.4 Å². The third kappa shape index (κ3) is 2.14. The maximum atomic E-state index is 12.5. The smallest absolute Gasteiger partial charge is 0.293 e. The second-order valence-corrected chi connectivity index (χ2v) is 5.24. The minimum absolute atomic E-state index is 0.124. The molecular formula is C13H18N6O. The topological polar surface area (TPSA) is 75.4 Å². The molecule has 7 nitrogen and oxygen atoms in total. The lowest BCUT2D eigenvalue weighted by Crippen LogP contribution is -2.52. The summed E-state index contributed by atoms with van der Waals surface area (Å²) in [6.07, 6.45) is 0. The zero-order valence-corrected chi connectivity index (χ0v) is 11.9. The van der Waals surface area contributed by atoms with Crippen LogP contribution in [0.5, 0.6) is 0 Å². The van der Waals surface area contributed by atoms with Crippen LogP contribution < -0.4 is 5.32 Å². The molecule has 0 unspecified atom stereocenters. The first-order valence-corrected chi connectivity index (χ1v) is 6.79. The fourth-order valence-corrected chi connectivity index (χ4v) is 2.53. The van der Waals surface area contributed by atoms with Crippen LogP contribution in [0.3, 0.4) is 0 Å². The van der Waals surface area contributed by atoms with Crippen LogP contribution in [0.2, 0.25) is 0 Å². The highest BCUT2D eigenvalue weighted by Gasteiger charge is 2.27. The van der Waals surface area contributed by atoms with E-state index in [1.165, 1.54) is 0 Å². The Kier molecular flexibility index (Phi) is 3.13. The number of hydrogen-bond acceptors (Lipinski definition) is 5. The van der Waals surface area contributed by atoms with Gasteiger partial charge < -0.3 is 10.2 Å². The Labute approximate surface area is 117 Å². The lowest BCUT2D eigenvalue weighted by atomic mass is 10.2. The molecule has 20 heavy (non-hydrogen) atoms. The van der Waals surface area contributed by atoms with Crippen LogP contribution in [-0.2, 0) is 0 Å². The third-order valence-electron chi connectivity index (χ3n) is 3.57. The van der Waals surface area contributed by atoms with Crippen molar-refractivity contribution < 1.29 is 4.79 Å². The number of aryl methyl sites for hydroxylation is 2. The Morgan fingerprint density at radius 2 is 2.20 bits per heavy atom. The Morgan fingerprint density at radius 3 is 2.95 bits per heavy atom. The molecule has 1 aliphatic heterocycles. The van der Waals surface area contributed by atoms with E-state index in [1.54, 1.807) is 4.52 Å². The second kappa shape index (κ2) is 4.82. The fourth-order valence-electron chi connectivity index (χ4n) is 2.53. The zero-order chi connectivity index (χ0) is 14.3. The molecule has 2 aromatic rings. The predicted octanol–water partition coefficient (Wildman–Crippen LogP) is 0.175. The Bertz CT molecular complexity index is 664. The standard InChI is InChI=1S/C13H18N6O/c1-8-6-9(2)19-13(15-8)16-11(17-19)12(20)18-5-4-14-7-10(18)3/h6,10,14H,4-5,7H2,1-3H3/t10-/m1/s1. The van der Waals surface area contributed by atoms with Crippen molar-refractivity contribution in [2.24, 2.45) is 0 Å². The number of nitrogens with zero attached hydrogens (tertiary/aromatic N) is 5. The minimum atomic E-state index is -0.124. The van der Waals surface area contributed by atoms with Gasteiger partial charge in [0.25, 0.3) is 11.7 Å². The molecule has 0 spiro atoms. The summed E-state index contributed by atoms with van der Waals surface area (Å²) >= 11 is 0. The quantitative estimate of drug-likeness (QED) is 0.802. The summed E-state index contributed by atoms with van der Waals surface area (Å²) in [6.45, 7) is 8.14. The molecule has 1 N–H and O–H groups in total. The average molecular weight is 274 g/mol. The number of carbonyl (C=O) groups excluding carboxylic acids is 1. The lowest BCUT2D eigenvalue weighted by molar-refractivity contribution is 0.0643. The predicted molar refractivity (Wildman–Crippen MR) is 73.6 cm³/mol. The minimum Gasteiger partial charge on any atom is -0.331 e. The van der Waals surface area contributed by atoms with Gasteiger partial charge in [-0.25, -0.2) is 9.50 Å². The van der Waals surface area contributed by atoms with Crippen molar-refractivity contribution in [1.29, 1.82) is 0 Å². The number of rotatable bonds is 1. The van der Waals surface area contributed by atoms with Gasteiger partial charge in [-0.15, -0.1) is 5.10 Å². The van der Waals surface area contributed by atoms with Crippen molar-refractivity contribution in [2.75, 3.05) is 19.6 Å². The van der Waals surface area contributed by atoms with E-state index in [0.29, 0.717) is 12.3 Å². The van der Waals surface area contributed by atoms with Crippen molar-refractivity contribution in [3.63, 3.8) is 0 Å². The normalized spacial score (nSPS) is 19.6. The molecule has 1 aliphatic rings. The summed E-state index contributed by atoms with van der Waals surface area (Å²) in [7, 11) is 0. The number of nitrogens with one attached hydrogen (secondary N) is 1. The summed E-state index contributed by atoms with van der Waals surface area (Å²) in [5.41, 5.74) is 1.80. The van der Waals surface area contributed by atoms with Gasteiger partial charge in [0.15, 0.2) is 0 Å². The van der Waals surface area contributed by atoms with E-state index >= 15 is 0 Å². The lowest BCUT2D eigenvalue weighted by Gasteiger charge is -2.33. The molecular weight excluding hydrogens is 256 g/mol. The maximum absolute atomic E-state index is 12.5. The van der Waals surface area contributed by atoms with Crippen molar-refractivity contribution in [3.8, 4) is 0 Å². The first-order valence-electron chi connectivity index (χ1n) is 6.79. The molecule has 1 fully saturated rings. The molecule has 3 rings (SSSR count). The van der Waals surface area contributed by atoms with Gasteiger partial charge in [0.2, 0.25) is 5.82 Å². The van der Waals surface area contributed by atoms with Crippen LogP contribution in [-0.4, -0.2) is 56.1 Å².